The smallest absolute Gasteiger partial charge is 0.308 e. The second-order valence-corrected chi connectivity index (χ2v) is 8.40. The van der Waals surface area contributed by atoms with Gasteiger partial charge < -0.3 is 5.11 Å². The third kappa shape index (κ3) is 3.14. The summed E-state index contributed by atoms with van der Waals surface area (Å²) in [5.74, 6) is -1.69. The van der Waals surface area contributed by atoms with Crippen molar-refractivity contribution in [2.75, 3.05) is 13.1 Å². The molecule has 5 nitrogen and oxygen atoms in total. The van der Waals surface area contributed by atoms with Crippen LogP contribution in [0.15, 0.2) is 23.1 Å². The standard InChI is InChI=1S/C15H20ClNO4S/c1-9(2)11-4-5-13(16)14(6-11)22(20,21)17-7-10(3)12(8-17)15(18)19/h4-6,9-10,12H,7-8H2,1-3H3,(H,18,19)/t10-,12-/m1/s1. The maximum atomic E-state index is 12.8. The number of carbonyl (C=O) groups is 1. The van der Waals surface area contributed by atoms with Crippen LogP contribution in [0.3, 0.4) is 0 Å². The van der Waals surface area contributed by atoms with Gasteiger partial charge in [0, 0.05) is 13.1 Å². The van der Waals surface area contributed by atoms with E-state index in [0.717, 1.165) is 5.56 Å². The van der Waals surface area contributed by atoms with Crippen LogP contribution in [-0.4, -0.2) is 36.9 Å². The van der Waals surface area contributed by atoms with Crippen LogP contribution in [0.1, 0.15) is 32.3 Å². The van der Waals surface area contributed by atoms with Gasteiger partial charge in [-0.3, -0.25) is 4.79 Å². The molecular formula is C15H20ClNO4S. The van der Waals surface area contributed by atoms with Crippen LogP contribution in [0.5, 0.6) is 0 Å². The second-order valence-electron chi connectivity index (χ2n) is 6.09. The molecule has 2 rings (SSSR count). The van der Waals surface area contributed by atoms with Crippen LogP contribution in [0, 0.1) is 11.8 Å². The van der Waals surface area contributed by atoms with E-state index in [1.54, 1.807) is 25.1 Å². The number of nitrogens with zero attached hydrogens (tertiary/aromatic N) is 1. The van der Waals surface area contributed by atoms with Crippen molar-refractivity contribution >= 4 is 27.6 Å². The number of aliphatic carboxylic acids is 1. The van der Waals surface area contributed by atoms with Gasteiger partial charge in [-0.1, -0.05) is 38.4 Å². The molecule has 1 aromatic rings. The molecular weight excluding hydrogens is 326 g/mol. The second kappa shape index (κ2) is 6.18. The van der Waals surface area contributed by atoms with Crippen LogP contribution >= 0.6 is 11.6 Å². The number of sulfonamides is 1. The van der Waals surface area contributed by atoms with Gasteiger partial charge in [0.1, 0.15) is 4.90 Å². The quantitative estimate of drug-likeness (QED) is 0.910. The number of hydrogen-bond donors (Lipinski definition) is 1. The van der Waals surface area contributed by atoms with Gasteiger partial charge in [0.15, 0.2) is 0 Å². The monoisotopic (exact) mass is 345 g/mol. The lowest BCUT2D eigenvalue weighted by atomic mass is 9.99. The van der Waals surface area contributed by atoms with E-state index in [-0.39, 0.29) is 34.8 Å². The first-order valence-electron chi connectivity index (χ1n) is 7.17. The molecule has 1 fully saturated rings. The van der Waals surface area contributed by atoms with Crippen LogP contribution in [0.2, 0.25) is 5.02 Å². The summed E-state index contributed by atoms with van der Waals surface area (Å²) in [7, 11) is -3.79. The highest BCUT2D eigenvalue weighted by molar-refractivity contribution is 7.89. The zero-order chi connectivity index (χ0) is 16.7. The van der Waals surface area contributed by atoms with E-state index in [1.807, 2.05) is 13.8 Å². The molecule has 2 atom stereocenters. The first-order valence-corrected chi connectivity index (χ1v) is 8.98. The fourth-order valence-corrected chi connectivity index (χ4v) is 4.73. The minimum atomic E-state index is -3.79. The zero-order valence-electron chi connectivity index (χ0n) is 12.8. The maximum absolute atomic E-state index is 12.8. The van der Waals surface area contributed by atoms with Crippen LogP contribution < -0.4 is 0 Å². The highest BCUT2D eigenvalue weighted by Gasteiger charge is 2.41. The van der Waals surface area contributed by atoms with Crippen molar-refractivity contribution in [3.63, 3.8) is 0 Å². The molecule has 7 heteroatoms. The number of carboxylic acid groups (broad SMARTS) is 1. The predicted octanol–water partition coefficient (Wildman–Crippen LogP) is 2.80. The summed E-state index contributed by atoms with van der Waals surface area (Å²) in [6.45, 7) is 5.87. The van der Waals surface area contributed by atoms with E-state index in [2.05, 4.69) is 0 Å². The molecule has 0 spiro atoms. The van der Waals surface area contributed by atoms with Gasteiger partial charge in [-0.25, -0.2) is 8.42 Å². The SMILES string of the molecule is CC(C)c1ccc(Cl)c(S(=O)(=O)N2C[C@@H](C)[C@H](C(=O)O)C2)c1. The van der Waals surface area contributed by atoms with Crippen molar-refractivity contribution in [2.24, 2.45) is 11.8 Å². The largest absolute Gasteiger partial charge is 0.481 e. The number of benzene rings is 1. The average Bonchev–Trinajstić information content (AvgIpc) is 2.81. The molecule has 1 aliphatic rings. The maximum Gasteiger partial charge on any atom is 0.308 e. The minimum Gasteiger partial charge on any atom is -0.481 e. The molecule has 0 radical (unpaired) electrons. The van der Waals surface area contributed by atoms with E-state index in [1.165, 1.54) is 4.31 Å². The molecule has 0 aliphatic carbocycles. The Morgan fingerprint density at radius 1 is 1.36 bits per heavy atom. The normalized spacial score (nSPS) is 23.1. The Labute approximate surface area is 135 Å². The van der Waals surface area contributed by atoms with Crippen molar-refractivity contribution in [2.45, 2.75) is 31.6 Å². The number of rotatable bonds is 4. The zero-order valence-corrected chi connectivity index (χ0v) is 14.4. The van der Waals surface area contributed by atoms with Crippen molar-refractivity contribution in [3.05, 3.63) is 28.8 Å². The van der Waals surface area contributed by atoms with E-state index >= 15 is 0 Å². The molecule has 0 bridgehead atoms. The topological polar surface area (TPSA) is 74.7 Å². The van der Waals surface area contributed by atoms with Crippen LogP contribution in [-0.2, 0) is 14.8 Å². The molecule has 1 heterocycles. The minimum absolute atomic E-state index is 0.0128. The Morgan fingerprint density at radius 3 is 2.50 bits per heavy atom. The fourth-order valence-electron chi connectivity index (χ4n) is 2.66. The van der Waals surface area contributed by atoms with Crippen molar-refractivity contribution < 1.29 is 18.3 Å². The van der Waals surface area contributed by atoms with E-state index in [4.69, 9.17) is 16.7 Å². The van der Waals surface area contributed by atoms with E-state index < -0.39 is 21.9 Å². The Bertz CT molecular complexity index is 687. The van der Waals surface area contributed by atoms with E-state index in [0.29, 0.717) is 0 Å². The molecule has 0 amide bonds. The van der Waals surface area contributed by atoms with Gasteiger partial charge in [0.25, 0.3) is 0 Å². The predicted molar refractivity (Wildman–Crippen MR) is 84.6 cm³/mol. The lowest BCUT2D eigenvalue weighted by Crippen LogP contribution is -2.30. The molecule has 0 aromatic heterocycles. The molecule has 22 heavy (non-hydrogen) atoms. The van der Waals surface area contributed by atoms with Gasteiger partial charge >= 0.3 is 5.97 Å². The Hall–Kier alpha value is -1.11. The van der Waals surface area contributed by atoms with Gasteiger partial charge in [0.2, 0.25) is 10.0 Å². The molecule has 122 valence electrons. The number of carboxylic acids is 1. The third-order valence-corrected chi connectivity index (χ3v) is 6.45. The summed E-state index contributed by atoms with van der Waals surface area (Å²) in [6.07, 6.45) is 0. The summed E-state index contributed by atoms with van der Waals surface area (Å²) >= 11 is 6.08. The summed E-state index contributed by atoms with van der Waals surface area (Å²) in [4.78, 5) is 11.2. The van der Waals surface area contributed by atoms with Crippen molar-refractivity contribution in [1.29, 1.82) is 0 Å². The summed E-state index contributed by atoms with van der Waals surface area (Å²) in [5, 5.41) is 9.32. The van der Waals surface area contributed by atoms with Crippen molar-refractivity contribution in [1.82, 2.24) is 4.31 Å². The van der Waals surface area contributed by atoms with Gasteiger partial charge in [-0.05, 0) is 29.5 Å². The first-order chi connectivity index (χ1) is 10.1. The molecule has 1 aromatic carbocycles. The average molecular weight is 346 g/mol. The Balaban J connectivity index is 2.40. The lowest BCUT2D eigenvalue weighted by molar-refractivity contribution is -0.142. The molecule has 1 saturated heterocycles. The summed E-state index contributed by atoms with van der Waals surface area (Å²) in [5.41, 5.74) is 0.880. The molecule has 1 aliphatic heterocycles. The van der Waals surface area contributed by atoms with Crippen LogP contribution in [0.25, 0.3) is 0 Å². The van der Waals surface area contributed by atoms with Crippen LogP contribution in [0.4, 0.5) is 0 Å². The molecule has 0 unspecified atom stereocenters. The summed E-state index contributed by atoms with van der Waals surface area (Å²) < 4.78 is 26.8. The Morgan fingerprint density at radius 2 is 2.00 bits per heavy atom. The Kier molecular flexibility index (Phi) is 4.84. The molecule has 0 saturated carbocycles. The third-order valence-electron chi connectivity index (χ3n) is 4.14. The van der Waals surface area contributed by atoms with Crippen molar-refractivity contribution in [3.8, 4) is 0 Å². The van der Waals surface area contributed by atoms with E-state index in [9.17, 15) is 13.2 Å². The molecule has 1 N–H and O–H groups in total. The highest BCUT2D eigenvalue weighted by Crippen LogP contribution is 2.33. The number of halogens is 1. The lowest BCUT2D eigenvalue weighted by Gasteiger charge is -2.18. The fraction of sp³-hybridized carbons (Fsp3) is 0.533. The number of hydrogen-bond acceptors (Lipinski definition) is 3. The summed E-state index contributed by atoms with van der Waals surface area (Å²) in [6, 6.07) is 4.97. The highest BCUT2D eigenvalue weighted by atomic mass is 35.5. The van der Waals surface area contributed by atoms with Gasteiger partial charge in [-0.2, -0.15) is 4.31 Å². The van der Waals surface area contributed by atoms with Gasteiger partial charge in [-0.15, -0.1) is 0 Å². The van der Waals surface area contributed by atoms with Gasteiger partial charge in [0.05, 0.1) is 10.9 Å². The first kappa shape index (κ1) is 17.2.